The number of carbonyl (C=O) groups excluding carboxylic acids is 1. The van der Waals surface area contributed by atoms with Crippen molar-refractivity contribution in [3.05, 3.63) is 29.6 Å². The van der Waals surface area contributed by atoms with Crippen LogP contribution in [0.5, 0.6) is 0 Å². The normalized spacial score (nSPS) is 21.3. The van der Waals surface area contributed by atoms with Crippen molar-refractivity contribution in [2.45, 2.75) is 57.0 Å². The molecule has 1 fully saturated rings. The first kappa shape index (κ1) is 20.3. The minimum Gasteiger partial charge on any atom is -0.335 e. The van der Waals surface area contributed by atoms with Crippen molar-refractivity contribution in [1.82, 2.24) is 15.6 Å². The summed E-state index contributed by atoms with van der Waals surface area (Å²) >= 11 is 0. The summed E-state index contributed by atoms with van der Waals surface area (Å²) in [6.45, 7) is -0.0470. The summed E-state index contributed by atoms with van der Waals surface area (Å²) in [6.07, 6.45) is -7.89. The van der Waals surface area contributed by atoms with Gasteiger partial charge in [-0.2, -0.15) is 26.3 Å². The molecule has 1 heterocycles. The average Bonchev–Trinajstić information content (AvgIpc) is 2.51. The lowest BCUT2D eigenvalue weighted by molar-refractivity contribution is -0.183. The van der Waals surface area contributed by atoms with Crippen LogP contribution in [0.3, 0.4) is 0 Å². The number of urea groups is 1. The van der Waals surface area contributed by atoms with Crippen LogP contribution in [0.25, 0.3) is 0 Å². The van der Waals surface area contributed by atoms with Crippen LogP contribution in [0.4, 0.5) is 31.1 Å². The van der Waals surface area contributed by atoms with Gasteiger partial charge in [0.2, 0.25) is 0 Å². The lowest BCUT2D eigenvalue weighted by Gasteiger charge is -2.31. The molecule has 0 saturated heterocycles. The van der Waals surface area contributed by atoms with E-state index in [1.807, 2.05) is 0 Å². The van der Waals surface area contributed by atoms with Crippen LogP contribution in [-0.4, -0.2) is 29.4 Å². The van der Waals surface area contributed by atoms with Crippen LogP contribution in [0.15, 0.2) is 18.3 Å². The number of nitrogens with zero attached hydrogens (tertiary/aromatic N) is 1. The van der Waals surface area contributed by atoms with Crippen LogP contribution >= 0.6 is 0 Å². The molecule has 1 aromatic heterocycles. The van der Waals surface area contributed by atoms with Crippen molar-refractivity contribution >= 4 is 6.03 Å². The molecule has 0 unspecified atom stereocenters. The molecule has 4 nitrogen and oxygen atoms in total. The van der Waals surface area contributed by atoms with Crippen molar-refractivity contribution in [2.24, 2.45) is 5.92 Å². The Balaban J connectivity index is 1.82. The number of amides is 2. The molecular formula is C16H19F6N3O. The highest BCUT2D eigenvalue weighted by molar-refractivity contribution is 5.74. The van der Waals surface area contributed by atoms with Gasteiger partial charge >= 0.3 is 18.4 Å². The molecule has 2 amide bonds. The van der Waals surface area contributed by atoms with E-state index in [0.29, 0.717) is 18.4 Å². The molecule has 2 rings (SSSR count). The van der Waals surface area contributed by atoms with E-state index in [-0.39, 0.29) is 25.1 Å². The summed E-state index contributed by atoms with van der Waals surface area (Å²) in [4.78, 5) is 15.5. The molecule has 2 atom stereocenters. The zero-order valence-corrected chi connectivity index (χ0v) is 13.8. The molecule has 10 heteroatoms. The Kier molecular flexibility index (Phi) is 6.35. The van der Waals surface area contributed by atoms with Crippen LogP contribution in [0, 0.1) is 5.92 Å². The van der Waals surface area contributed by atoms with Gasteiger partial charge in [-0.25, -0.2) is 4.79 Å². The fourth-order valence-electron chi connectivity index (χ4n) is 2.98. The first-order valence-electron chi connectivity index (χ1n) is 8.14. The molecule has 0 aliphatic heterocycles. The SMILES string of the molecule is O=C(NCc1ccnc(CC(F)(F)F)c1)N[C@H]1CCC[C@@H](C(F)(F)F)C1. The number of carbonyl (C=O) groups is 1. The number of alkyl halides is 6. The van der Waals surface area contributed by atoms with Crippen molar-refractivity contribution in [3.8, 4) is 0 Å². The predicted molar refractivity (Wildman–Crippen MR) is 81.2 cm³/mol. The van der Waals surface area contributed by atoms with Crippen molar-refractivity contribution < 1.29 is 31.1 Å². The second kappa shape index (κ2) is 8.13. The highest BCUT2D eigenvalue weighted by Crippen LogP contribution is 2.37. The lowest BCUT2D eigenvalue weighted by Crippen LogP contribution is -2.45. The van der Waals surface area contributed by atoms with Gasteiger partial charge in [0, 0.05) is 24.5 Å². The Bertz CT molecular complexity index is 617. The lowest BCUT2D eigenvalue weighted by atomic mass is 9.85. The van der Waals surface area contributed by atoms with Crippen LogP contribution in [0.1, 0.15) is 36.9 Å². The van der Waals surface area contributed by atoms with E-state index >= 15 is 0 Å². The Hall–Kier alpha value is -2.00. The second-order valence-electron chi connectivity index (χ2n) is 6.38. The summed E-state index contributed by atoms with van der Waals surface area (Å²) in [7, 11) is 0. The molecule has 26 heavy (non-hydrogen) atoms. The highest BCUT2D eigenvalue weighted by Gasteiger charge is 2.42. The van der Waals surface area contributed by atoms with Crippen LogP contribution in [-0.2, 0) is 13.0 Å². The largest absolute Gasteiger partial charge is 0.394 e. The van der Waals surface area contributed by atoms with Gasteiger partial charge in [-0.3, -0.25) is 4.98 Å². The number of nitrogens with one attached hydrogen (secondary N) is 2. The van der Waals surface area contributed by atoms with E-state index in [1.54, 1.807) is 0 Å². The fraction of sp³-hybridized carbons (Fsp3) is 0.625. The Morgan fingerprint density at radius 3 is 2.58 bits per heavy atom. The number of hydrogen-bond donors (Lipinski definition) is 2. The van der Waals surface area contributed by atoms with Crippen molar-refractivity contribution in [3.63, 3.8) is 0 Å². The number of aromatic nitrogens is 1. The van der Waals surface area contributed by atoms with Gasteiger partial charge in [-0.05, 0) is 37.0 Å². The summed E-state index contributed by atoms with van der Waals surface area (Å²) in [5.41, 5.74) is 0.253. The van der Waals surface area contributed by atoms with Crippen LogP contribution < -0.4 is 10.6 Å². The van der Waals surface area contributed by atoms with Crippen molar-refractivity contribution in [2.75, 3.05) is 0 Å². The first-order valence-corrected chi connectivity index (χ1v) is 8.14. The van der Waals surface area contributed by atoms with Crippen LogP contribution in [0.2, 0.25) is 0 Å². The molecule has 0 spiro atoms. The summed E-state index contributed by atoms with van der Waals surface area (Å²) in [5.74, 6) is -1.42. The van der Waals surface area contributed by atoms with E-state index in [1.165, 1.54) is 18.3 Å². The van der Waals surface area contributed by atoms with Gasteiger partial charge in [0.1, 0.15) is 0 Å². The number of halogens is 6. The monoisotopic (exact) mass is 383 g/mol. The van der Waals surface area contributed by atoms with E-state index in [2.05, 4.69) is 15.6 Å². The second-order valence-corrected chi connectivity index (χ2v) is 6.38. The minimum atomic E-state index is -4.38. The third-order valence-electron chi connectivity index (χ3n) is 4.19. The average molecular weight is 383 g/mol. The smallest absolute Gasteiger partial charge is 0.335 e. The molecule has 0 bridgehead atoms. The minimum absolute atomic E-state index is 0.0470. The van der Waals surface area contributed by atoms with E-state index in [0.717, 1.165) is 0 Å². The van der Waals surface area contributed by atoms with E-state index in [9.17, 15) is 31.1 Å². The highest BCUT2D eigenvalue weighted by atomic mass is 19.4. The fourth-order valence-corrected chi connectivity index (χ4v) is 2.98. The molecule has 1 aliphatic rings. The standard InChI is InChI=1S/C16H19F6N3O/c17-15(18,19)8-13-6-10(4-5-23-13)9-24-14(26)25-12-3-1-2-11(7-12)16(20,21)22/h4-6,11-12H,1-3,7-9H2,(H2,24,25,26)/t11-,12+/m1/s1. The first-order chi connectivity index (χ1) is 12.0. The summed E-state index contributed by atoms with van der Waals surface area (Å²) in [6, 6.07) is 1.47. The van der Waals surface area contributed by atoms with Crippen molar-refractivity contribution in [1.29, 1.82) is 0 Å². The molecule has 1 aliphatic carbocycles. The summed E-state index contributed by atoms with van der Waals surface area (Å²) in [5, 5.41) is 4.95. The zero-order valence-electron chi connectivity index (χ0n) is 13.8. The predicted octanol–water partition coefficient (Wildman–Crippen LogP) is 4.11. The van der Waals surface area contributed by atoms with Gasteiger partial charge in [-0.1, -0.05) is 6.42 Å². The quantitative estimate of drug-likeness (QED) is 0.769. The molecule has 1 saturated carbocycles. The Morgan fingerprint density at radius 2 is 1.92 bits per heavy atom. The number of pyridine rings is 1. The van der Waals surface area contributed by atoms with Gasteiger partial charge in [0.05, 0.1) is 12.3 Å². The molecule has 146 valence electrons. The van der Waals surface area contributed by atoms with Gasteiger partial charge in [0.15, 0.2) is 0 Å². The maximum atomic E-state index is 12.8. The Labute approximate surface area is 146 Å². The molecule has 0 aromatic carbocycles. The molecular weight excluding hydrogens is 364 g/mol. The van der Waals surface area contributed by atoms with E-state index < -0.39 is 36.8 Å². The maximum Gasteiger partial charge on any atom is 0.394 e. The topological polar surface area (TPSA) is 54.0 Å². The van der Waals surface area contributed by atoms with E-state index in [4.69, 9.17) is 0 Å². The maximum absolute atomic E-state index is 12.8. The van der Waals surface area contributed by atoms with Gasteiger partial charge in [0.25, 0.3) is 0 Å². The summed E-state index contributed by atoms with van der Waals surface area (Å²) < 4.78 is 75.4. The molecule has 0 radical (unpaired) electrons. The number of rotatable bonds is 4. The van der Waals surface area contributed by atoms with Gasteiger partial charge in [-0.15, -0.1) is 0 Å². The van der Waals surface area contributed by atoms with Gasteiger partial charge < -0.3 is 10.6 Å². The zero-order chi connectivity index (χ0) is 19.4. The molecule has 2 N–H and O–H groups in total. The molecule has 1 aromatic rings. The third kappa shape index (κ3) is 6.72. The number of hydrogen-bond acceptors (Lipinski definition) is 2. The Morgan fingerprint density at radius 1 is 1.19 bits per heavy atom. The third-order valence-corrected chi connectivity index (χ3v) is 4.19.